The van der Waals surface area contributed by atoms with E-state index in [9.17, 15) is 0 Å². The van der Waals surface area contributed by atoms with Crippen LogP contribution >= 0.6 is 0 Å². The van der Waals surface area contributed by atoms with Gasteiger partial charge in [0.1, 0.15) is 0 Å². The van der Waals surface area contributed by atoms with Crippen LogP contribution in [-0.4, -0.2) is 15.0 Å². The van der Waals surface area contributed by atoms with Crippen LogP contribution in [0, 0.1) is 0 Å². The Morgan fingerprint density at radius 2 is 0.915 bits per heavy atom. The van der Waals surface area contributed by atoms with Gasteiger partial charge in [0.25, 0.3) is 0 Å². The van der Waals surface area contributed by atoms with Gasteiger partial charge in [-0.15, -0.1) is 0 Å². The molecule has 9 aromatic rings. The summed E-state index contributed by atoms with van der Waals surface area (Å²) in [5, 5.41) is 2.26. The lowest BCUT2D eigenvalue weighted by molar-refractivity contribution is 0.412. The first-order valence-corrected chi connectivity index (χ1v) is 20.4. The topological polar surface area (TPSA) is 38.7 Å². The van der Waals surface area contributed by atoms with Crippen LogP contribution < -0.4 is 0 Å². The largest absolute Gasteiger partial charge is 0.208 e. The SMILES string of the molecule is C1=CCC2(c3cccc(-c4cccc(-c5nc(-c6ccccc6)nc(-c6cccc7ccccc67)n5)c4)c3)C(=C1)c1ccccc1C21c2ccccc2-c2ccccc21. The highest BCUT2D eigenvalue weighted by atomic mass is 15.0. The van der Waals surface area contributed by atoms with E-state index in [1.165, 1.54) is 44.5 Å². The van der Waals surface area contributed by atoms with Crippen LogP contribution in [0.5, 0.6) is 0 Å². The molecule has 0 fully saturated rings. The molecule has 0 radical (unpaired) electrons. The van der Waals surface area contributed by atoms with Crippen LogP contribution in [0.2, 0.25) is 0 Å². The Morgan fingerprint density at radius 1 is 0.390 bits per heavy atom. The number of hydrogen-bond donors (Lipinski definition) is 0. The van der Waals surface area contributed by atoms with Crippen molar-refractivity contribution < 1.29 is 0 Å². The third-order valence-electron chi connectivity index (χ3n) is 13.0. The summed E-state index contributed by atoms with van der Waals surface area (Å²) in [5.41, 5.74) is 15.2. The van der Waals surface area contributed by atoms with E-state index in [2.05, 4.69) is 194 Å². The number of benzene rings is 8. The molecule has 3 nitrogen and oxygen atoms in total. The summed E-state index contributed by atoms with van der Waals surface area (Å²) < 4.78 is 0. The zero-order valence-electron chi connectivity index (χ0n) is 32.3. The Hall–Kier alpha value is -7.49. The molecule has 0 amide bonds. The lowest BCUT2D eigenvalue weighted by atomic mass is 9.52. The Bertz CT molecular complexity index is 3160. The van der Waals surface area contributed by atoms with Gasteiger partial charge in [0.2, 0.25) is 0 Å². The van der Waals surface area contributed by atoms with Gasteiger partial charge in [-0.3, -0.25) is 0 Å². The second-order valence-corrected chi connectivity index (χ2v) is 15.9. The van der Waals surface area contributed by atoms with Crippen molar-refractivity contribution in [3.63, 3.8) is 0 Å². The Balaban J connectivity index is 1.04. The van der Waals surface area contributed by atoms with E-state index in [1.54, 1.807) is 0 Å². The van der Waals surface area contributed by atoms with Gasteiger partial charge in [-0.2, -0.15) is 0 Å². The summed E-state index contributed by atoms with van der Waals surface area (Å²) in [7, 11) is 0. The number of nitrogens with zero attached hydrogens (tertiary/aromatic N) is 3. The van der Waals surface area contributed by atoms with Gasteiger partial charge in [0, 0.05) is 22.1 Å². The molecule has 59 heavy (non-hydrogen) atoms. The molecule has 1 aromatic heterocycles. The van der Waals surface area contributed by atoms with Crippen molar-refractivity contribution in [2.75, 3.05) is 0 Å². The van der Waals surface area contributed by atoms with Crippen LogP contribution in [0.3, 0.4) is 0 Å². The minimum absolute atomic E-state index is 0.381. The van der Waals surface area contributed by atoms with E-state index in [0.29, 0.717) is 17.5 Å². The number of fused-ring (bicyclic) bond motifs is 11. The summed E-state index contributed by atoms with van der Waals surface area (Å²) >= 11 is 0. The van der Waals surface area contributed by atoms with E-state index in [-0.39, 0.29) is 5.41 Å². The average Bonchev–Trinajstić information content (AvgIpc) is 3.78. The van der Waals surface area contributed by atoms with E-state index < -0.39 is 5.41 Å². The standard InChI is InChI=1S/C56H37N3/c1-2-18-38(19-3-1)52-57-53(59-54(58-52)46-29-16-20-37-17-4-5-25-43(37)46)41-23-14-21-39(35-41)40-22-15-24-42(36-40)55-34-13-12-30-48(55)47-28-8-11-33-51(47)56(55)49-31-9-6-26-44(49)45-27-7-10-32-50(45)56/h1-33,35-36H,34H2. The maximum absolute atomic E-state index is 5.19. The van der Waals surface area contributed by atoms with Crippen molar-refractivity contribution in [1.29, 1.82) is 0 Å². The minimum Gasteiger partial charge on any atom is -0.208 e. The van der Waals surface area contributed by atoms with E-state index >= 15 is 0 Å². The molecule has 1 atom stereocenters. The fourth-order valence-corrected chi connectivity index (χ4v) is 10.7. The third-order valence-corrected chi connectivity index (χ3v) is 13.0. The molecule has 1 unspecified atom stereocenters. The highest BCUT2D eigenvalue weighted by Crippen LogP contribution is 2.71. The first-order chi connectivity index (χ1) is 29.2. The zero-order chi connectivity index (χ0) is 39.0. The van der Waals surface area contributed by atoms with Gasteiger partial charge in [0.15, 0.2) is 17.5 Å². The van der Waals surface area contributed by atoms with Crippen molar-refractivity contribution in [2.45, 2.75) is 17.3 Å². The third kappa shape index (κ3) is 4.79. The second kappa shape index (κ2) is 13.0. The normalized spacial score (nSPS) is 16.6. The molecule has 3 heteroatoms. The first-order valence-electron chi connectivity index (χ1n) is 20.4. The molecule has 3 aliphatic carbocycles. The molecular formula is C56H37N3. The van der Waals surface area contributed by atoms with Crippen LogP contribution in [0.25, 0.3) is 72.8 Å². The fourth-order valence-electron chi connectivity index (χ4n) is 10.7. The zero-order valence-corrected chi connectivity index (χ0v) is 32.3. The molecule has 0 aliphatic heterocycles. The lowest BCUT2D eigenvalue weighted by Gasteiger charge is -2.48. The van der Waals surface area contributed by atoms with Crippen molar-refractivity contribution in [1.82, 2.24) is 15.0 Å². The average molecular weight is 752 g/mol. The summed E-state index contributed by atoms with van der Waals surface area (Å²) in [6.45, 7) is 0. The summed E-state index contributed by atoms with van der Waals surface area (Å²) in [6, 6.07) is 70.3. The molecule has 0 N–H and O–H groups in total. The molecule has 3 aliphatic rings. The lowest BCUT2D eigenvalue weighted by Crippen LogP contribution is -2.47. The molecule has 0 saturated heterocycles. The van der Waals surface area contributed by atoms with Crippen LogP contribution in [0.15, 0.2) is 212 Å². The summed E-state index contributed by atoms with van der Waals surface area (Å²) in [6.07, 6.45) is 7.90. The van der Waals surface area contributed by atoms with E-state index in [1.807, 2.05) is 18.2 Å². The van der Waals surface area contributed by atoms with Gasteiger partial charge in [-0.25, -0.2) is 15.0 Å². The molecule has 1 spiro atoms. The second-order valence-electron chi connectivity index (χ2n) is 15.9. The van der Waals surface area contributed by atoms with Crippen LogP contribution in [0.1, 0.15) is 34.2 Å². The minimum atomic E-state index is -0.412. The van der Waals surface area contributed by atoms with Crippen molar-refractivity contribution in [3.8, 4) is 56.4 Å². The van der Waals surface area contributed by atoms with Crippen molar-refractivity contribution in [3.05, 3.63) is 240 Å². The molecule has 12 rings (SSSR count). The molecule has 8 aromatic carbocycles. The number of hydrogen-bond acceptors (Lipinski definition) is 3. The number of aromatic nitrogens is 3. The summed E-state index contributed by atoms with van der Waals surface area (Å²) in [4.78, 5) is 15.4. The maximum atomic E-state index is 5.19. The van der Waals surface area contributed by atoms with Gasteiger partial charge >= 0.3 is 0 Å². The van der Waals surface area contributed by atoms with Gasteiger partial charge < -0.3 is 0 Å². The van der Waals surface area contributed by atoms with E-state index in [0.717, 1.165) is 45.0 Å². The smallest absolute Gasteiger partial charge is 0.164 e. The highest BCUT2D eigenvalue weighted by molar-refractivity contribution is 5.98. The van der Waals surface area contributed by atoms with Crippen LogP contribution in [-0.2, 0) is 10.8 Å². The quantitative estimate of drug-likeness (QED) is 0.176. The number of rotatable bonds is 5. The van der Waals surface area contributed by atoms with Crippen molar-refractivity contribution >= 4 is 16.3 Å². The van der Waals surface area contributed by atoms with Gasteiger partial charge in [0.05, 0.1) is 5.41 Å². The predicted molar refractivity (Wildman–Crippen MR) is 241 cm³/mol. The highest BCUT2D eigenvalue weighted by Gasteiger charge is 2.65. The van der Waals surface area contributed by atoms with Crippen LogP contribution in [0.4, 0.5) is 0 Å². The molecule has 0 saturated carbocycles. The van der Waals surface area contributed by atoms with Gasteiger partial charge in [-0.1, -0.05) is 206 Å². The Kier molecular flexibility index (Phi) is 7.42. The summed E-state index contributed by atoms with van der Waals surface area (Å²) in [5.74, 6) is 1.95. The molecule has 0 bridgehead atoms. The number of allylic oxidation sites excluding steroid dienone is 4. The fraction of sp³-hybridized carbons (Fsp3) is 0.0536. The molecule has 276 valence electrons. The maximum Gasteiger partial charge on any atom is 0.164 e. The Morgan fingerprint density at radius 3 is 1.69 bits per heavy atom. The monoisotopic (exact) mass is 751 g/mol. The first kappa shape index (κ1) is 33.6. The molecular weight excluding hydrogens is 715 g/mol. The van der Waals surface area contributed by atoms with E-state index in [4.69, 9.17) is 15.0 Å². The van der Waals surface area contributed by atoms with Gasteiger partial charge in [-0.05, 0) is 78.9 Å². The predicted octanol–water partition coefficient (Wildman–Crippen LogP) is 13.3. The Labute approximate surface area is 343 Å². The molecule has 1 heterocycles. The van der Waals surface area contributed by atoms with Crippen molar-refractivity contribution in [2.24, 2.45) is 0 Å².